The van der Waals surface area contributed by atoms with Gasteiger partial charge >= 0.3 is 0 Å². The van der Waals surface area contributed by atoms with Crippen LogP contribution in [0.4, 0.5) is 5.69 Å². The van der Waals surface area contributed by atoms with Gasteiger partial charge in [-0.1, -0.05) is 13.8 Å². The monoisotopic (exact) mass is 233 g/mol. The first-order valence-corrected chi connectivity index (χ1v) is 6.77. The number of hydrogen-bond donors (Lipinski definition) is 1. The third-order valence-corrected chi connectivity index (χ3v) is 3.20. The lowest BCUT2D eigenvalue weighted by Gasteiger charge is -2.26. The molecule has 0 bridgehead atoms. The van der Waals surface area contributed by atoms with E-state index < -0.39 is 0 Å². The fourth-order valence-corrected chi connectivity index (χ4v) is 2.22. The minimum absolute atomic E-state index is 0.776. The van der Waals surface area contributed by atoms with Gasteiger partial charge in [0.15, 0.2) is 0 Å². The van der Waals surface area contributed by atoms with Crippen LogP contribution in [0.1, 0.15) is 38.7 Å². The Bertz CT molecular complexity index is 347. The third-order valence-electron chi connectivity index (χ3n) is 3.20. The smallest absolute Gasteiger partial charge is 0.0445 e. The highest BCUT2D eigenvalue weighted by molar-refractivity contribution is 5.54. The van der Waals surface area contributed by atoms with Gasteiger partial charge in [-0.2, -0.15) is 0 Å². The largest absolute Gasteiger partial charge is 0.368 e. The lowest BCUT2D eigenvalue weighted by Crippen LogP contribution is -2.28. The van der Waals surface area contributed by atoms with Crippen molar-refractivity contribution in [1.82, 2.24) is 10.3 Å². The maximum absolute atomic E-state index is 4.25. The molecule has 1 aliphatic carbocycles. The zero-order valence-corrected chi connectivity index (χ0v) is 10.9. The number of nitrogens with one attached hydrogen (secondary N) is 1. The Balaban J connectivity index is 2.15. The van der Waals surface area contributed by atoms with Gasteiger partial charge in [0, 0.05) is 42.8 Å². The molecule has 0 amide bonds. The SMILES string of the molecule is CCCN(c1ccncc1CNCC)C1CC1. The van der Waals surface area contributed by atoms with Gasteiger partial charge < -0.3 is 10.2 Å². The molecule has 0 aliphatic heterocycles. The zero-order chi connectivity index (χ0) is 12.1. The third kappa shape index (κ3) is 3.19. The van der Waals surface area contributed by atoms with E-state index in [2.05, 4.69) is 35.1 Å². The minimum atomic E-state index is 0.776. The van der Waals surface area contributed by atoms with Crippen LogP contribution in [0, 0.1) is 0 Å². The number of hydrogen-bond acceptors (Lipinski definition) is 3. The minimum Gasteiger partial charge on any atom is -0.368 e. The van der Waals surface area contributed by atoms with Crippen molar-refractivity contribution in [3.8, 4) is 0 Å². The van der Waals surface area contributed by atoms with E-state index in [1.165, 1.54) is 30.5 Å². The van der Waals surface area contributed by atoms with Crippen LogP contribution in [-0.4, -0.2) is 24.1 Å². The Morgan fingerprint density at radius 3 is 2.88 bits per heavy atom. The summed E-state index contributed by atoms with van der Waals surface area (Å²) in [6.07, 6.45) is 7.82. The Kier molecular flexibility index (Phi) is 4.37. The Morgan fingerprint density at radius 1 is 1.41 bits per heavy atom. The van der Waals surface area contributed by atoms with Crippen LogP contribution in [-0.2, 0) is 6.54 Å². The van der Waals surface area contributed by atoms with E-state index in [1.54, 1.807) is 0 Å². The molecule has 1 N–H and O–H groups in total. The van der Waals surface area contributed by atoms with Gasteiger partial charge in [0.25, 0.3) is 0 Å². The zero-order valence-electron chi connectivity index (χ0n) is 10.9. The molecular weight excluding hydrogens is 210 g/mol. The molecule has 2 rings (SSSR count). The summed E-state index contributed by atoms with van der Waals surface area (Å²) in [5.74, 6) is 0. The molecule has 1 aliphatic rings. The van der Waals surface area contributed by atoms with Gasteiger partial charge in [-0.3, -0.25) is 4.98 Å². The fourth-order valence-electron chi connectivity index (χ4n) is 2.22. The average molecular weight is 233 g/mol. The maximum Gasteiger partial charge on any atom is 0.0445 e. The van der Waals surface area contributed by atoms with Crippen LogP contribution in [0.25, 0.3) is 0 Å². The van der Waals surface area contributed by atoms with E-state index in [0.29, 0.717) is 0 Å². The van der Waals surface area contributed by atoms with E-state index in [0.717, 1.165) is 25.7 Å². The predicted molar refractivity (Wildman–Crippen MR) is 72.3 cm³/mol. The number of nitrogens with zero attached hydrogens (tertiary/aromatic N) is 2. The second-order valence-electron chi connectivity index (χ2n) is 4.71. The molecule has 0 saturated heterocycles. The molecule has 1 fully saturated rings. The highest BCUT2D eigenvalue weighted by atomic mass is 15.2. The molecule has 0 aromatic carbocycles. The fraction of sp³-hybridized carbons (Fsp3) is 0.643. The first-order chi connectivity index (χ1) is 8.36. The van der Waals surface area contributed by atoms with E-state index in [4.69, 9.17) is 0 Å². The molecule has 3 nitrogen and oxygen atoms in total. The van der Waals surface area contributed by atoms with E-state index in [-0.39, 0.29) is 0 Å². The van der Waals surface area contributed by atoms with Crippen LogP contribution >= 0.6 is 0 Å². The second kappa shape index (κ2) is 6.01. The maximum atomic E-state index is 4.25. The molecule has 1 aromatic rings. The first kappa shape index (κ1) is 12.4. The van der Waals surface area contributed by atoms with Gasteiger partial charge in [-0.15, -0.1) is 0 Å². The van der Waals surface area contributed by atoms with Gasteiger partial charge in [-0.05, 0) is 31.9 Å². The molecule has 17 heavy (non-hydrogen) atoms. The lowest BCUT2D eigenvalue weighted by molar-refractivity contribution is 0.708. The molecule has 94 valence electrons. The van der Waals surface area contributed by atoms with Crippen LogP contribution in [0.5, 0.6) is 0 Å². The Morgan fingerprint density at radius 2 is 2.24 bits per heavy atom. The normalized spacial score (nSPS) is 14.9. The van der Waals surface area contributed by atoms with Crippen molar-refractivity contribution < 1.29 is 0 Å². The molecule has 1 saturated carbocycles. The van der Waals surface area contributed by atoms with E-state index in [1.807, 2.05) is 12.4 Å². The molecule has 1 heterocycles. The summed E-state index contributed by atoms with van der Waals surface area (Å²) in [5.41, 5.74) is 2.71. The van der Waals surface area contributed by atoms with Crippen molar-refractivity contribution >= 4 is 5.69 Å². The number of aromatic nitrogens is 1. The van der Waals surface area contributed by atoms with Gasteiger partial charge in [0.05, 0.1) is 0 Å². The lowest BCUT2D eigenvalue weighted by atomic mass is 10.2. The van der Waals surface area contributed by atoms with E-state index in [9.17, 15) is 0 Å². The van der Waals surface area contributed by atoms with Crippen molar-refractivity contribution in [3.63, 3.8) is 0 Å². The van der Waals surface area contributed by atoms with Gasteiger partial charge in [-0.25, -0.2) is 0 Å². The number of rotatable bonds is 7. The highest BCUT2D eigenvalue weighted by Crippen LogP contribution is 2.33. The Hall–Kier alpha value is -1.09. The van der Waals surface area contributed by atoms with E-state index >= 15 is 0 Å². The van der Waals surface area contributed by atoms with Crippen molar-refractivity contribution in [1.29, 1.82) is 0 Å². The standard InChI is InChI=1S/C14H23N3/c1-3-9-17(13-5-6-13)14-7-8-16-11-12(14)10-15-4-2/h7-8,11,13,15H,3-6,9-10H2,1-2H3. The highest BCUT2D eigenvalue weighted by Gasteiger charge is 2.29. The van der Waals surface area contributed by atoms with Crippen molar-refractivity contribution in [2.45, 2.75) is 45.7 Å². The average Bonchev–Trinajstić information content (AvgIpc) is 3.18. The second-order valence-corrected chi connectivity index (χ2v) is 4.71. The first-order valence-electron chi connectivity index (χ1n) is 6.77. The van der Waals surface area contributed by atoms with Crippen molar-refractivity contribution in [3.05, 3.63) is 24.0 Å². The summed E-state index contributed by atoms with van der Waals surface area (Å²) in [6, 6.07) is 2.94. The van der Waals surface area contributed by atoms with Gasteiger partial charge in [0.2, 0.25) is 0 Å². The topological polar surface area (TPSA) is 28.2 Å². The van der Waals surface area contributed by atoms with Crippen LogP contribution in [0.15, 0.2) is 18.5 Å². The molecule has 1 aromatic heterocycles. The quantitative estimate of drug-likeness (QED) is 0.784. The molecule has 3 heteroatoms. The summed E-state index contributed by atoms with van der Waals surface area (Å²) in [4.78, 5) is 6.82. The van der Waals surface area contributed by atoms with Crippen LogP contribution < -0.4 is 10.2 Å². The molecule has 0 atom stereocenters. The predicted octanol–water partition coefficient (Wildman–Crippen LogP) is 2.57. The Labute approximate surface area is 104 Å². The summed E-state index contributed by atoms with van der Waals surface area (Å²) in [6.45, 7) is 7.48. The number of anilines is 1. The summed E-state index contributed by atoms with van der Waals surface area (Å²) < 4.78 is 0. The van der Waals surface area contributed by atoms with Crippen LogP contribution in [0.2, 0.25) is 0 Å². The summed E-state index contributed by atoms with van der Waals surface area (Å²) >= 11 is 0. The molecule has 0 unspecified atom stereocenters. The van der Waals surface area contributed by atoms with Crippen molar-refractivity contribution in [2.24, 2.45) is 0 Å². The van der Waals surface area contributed by atoms with Crippen LogP contribution in [0.3, 0.4) is 0 Å². The van der Waals surface area contributed by atoms with Gasteiger partial charge in [0.1, 0.15) is 0 Å². The summed E-state index contributed by atoms with van der Waals surface area (Å²) in [7, 11) is 0. The molecule has 0 spiro atoms. The summed E-state index contributed by atoms with van der Waals surface area (Å²) in [5, 5.41) is 3.39. The van der Waals surface area contributed by atoms with Crippen molar-refractivity contribution in [2.75, 3.05) is 18.0 Å². The molecule has 0 radical (unpaired) electrons. The molecular formula is C14H23N3. The number of pyridine rings is 1.